The van der Waals surface area contributed by atoms with Crippen molar-refractivity contribution in [2.75, 3.05) is 49.1 Å². The molecule has 1 aliphatic carbocycles. The Morgan fingerprint density at radius 2 is 1.65 bits per heavy atom. The number of hydrogen-bond acceptors (Lipinski definition) is 9. The summed E-state index contributed by atoms with van der Waals surface area (Å²) < 4.78 is 8.41. The molecule has 1 saturated carbocycles. The maximum Gasteiger partial charge on any atom is 0.328 e. The largest absolute Gasteiger partial charge is 0.490 e. The summed E-state index contributed by atoms with van der Waals surface area (Å²) >= 11 is 6.15. The van der Waals surface area contributed by atoms with Crippen LogP contribution in [0.1, 0.15) is 73.8 Å². The number of hydrogen-bond donors (Lipinski definition) is 2. The number of amides is 4. The second kappa shape index (κ2) is 18.1. The van der Waals surface area contributed by atoms with Crippen LogP contribution in [0, 0.1) is 23.2 Å². The topological polar surface area (TPSA) is 149 Å². The Balaban J connectivity index is 0.00000496. The van der Waals surface area contributed by atoms with E-state index in [1.165, 1.54) is 0 Å². The molecule has 0 bridgehead atoms. The Kier molecular flexibility index (Phi) is 12.8. The Morgan fingerprint density at radius 1 is 0.895 bits per heavy atom. The third-order valence-corrected chi connectivity index (χ3v) is 12.3. The molecule has 0 unspecified atom stereocenters. The number of carbonyl (C=O) groups is 3. The molecule has 2 aromatic carbocycles. The molecule has 0 radical (unpaired) electrons. The van der Waals surface area contributed by atoms with E-state index in [9.17, 15) is 14.4 Å². The van der Waals surface area contributed by atoms with Crippen LogP contribution in [0.3, 0.4) is 0 Å². The lowest BCUT2D eigenvalue weighted by molar-refractivity contribution is -0.120. The molecule has 3 aliphatic heterocycles. The molecule has 300 valence electrons. The first-order valence-electron chi connectivity index (χ1n) is 20.0. The molecule has 4 amide bonds. The summed E-state index contributed by atoms with van der Waals surface area (Å²) in [6.07, 6.45) is 10.3. The van der Waals surface area contributed by atoms with Gasteiger partial charge in [-0.2, -0.15) is 5.26 Å². The maximum absolute atomic E-state index is 13.0. The maximum atomic E-state index is 13.0. The van der Waals surface area contributed by atoms with E-state index in [4.69, 9.17) is 21.6 Å². The van der Waals surface area contributed by atoms with Gasteiger partial charge in [-0.3, -0.25) is 19.8 Å². The van der Waals surface area contributed by atoms with Crippen LogP contribution in [0.25, 0.3) is 10.9 Å². The van der Waals surface area contributed by atoms with Crippen LogP contribution in [0.4, 0.5) is 16.3 Å². The van der Waals surface area contributed by atoms with Crippen LogP contribution in [0.2, 0.25) is 5.02 Å². The SMILES string of the molecule is Cl.N#Cc1ccc(OC2CCC(NC(=O)c3ccc(N4CCC(CN5CCC(Cn6ccc7c(N8CCC(=O)NC8=O)cccc76)CC5)CC4)nn3)CC2)cc1Cl. The first-order valence-corrected chi connectivity index (χ1v) is 20.3. The lowest BCUT2D eigenvalue weighted by Crippen LogP contribution is -2.49. The number of nitrogens with one attached hydrogen (secondary N) is 2. The minimum absolute atomic E-state index is 0. The molecule has 5 heterocycles. The van der Waals surface area contributed by atoms with Crippen molar-refractivity contribution in [1.82, 2.24) is 30.3 Å². The highest BCUT2D eigenvalue weighted by Crippen LogP contribution is 2.32. The van der Waals surface area contributed by atoms with Crippen molar-refractivity contribution in [3.05, 3.63) is 77.1 Å². The highest BCUT2D eigenvalue weighted by atomic mass is 35.5. The molecule has 8 rings (SSSR count). The van der Waals surface area contributed by atoms with Crippen molar-refractivity contribution in [3.63, 3.8) is 0 Å². The molecule has 4 fully saturated rings. The number of fused-ring (bicyclic) bond motifs is 1. The van der Waals surface area contributed by atoms with Crippen LogP contribution in [0.5, 0.6) is 5.75 Å². The number of carbonyl (C=O) groups excluding carboxylic acids is 3. The second-order valence-corrected chi connectivity index (χ2v) is 16.1. The van der Waals surface area contributed by atoms with Gasteiger partial charge in [0.05, 0.1) is 27.9 Å². The van der Waals surface area contributed by atoms with E-state index in [2.05, 4.69) is 59.6 Å². The fourth-order valence-corrected chi connectivity index (χ4v) is 9.00. The number of likely N-dealkylation sites (tertiary alicyclic amines) is 1. The first kappa shape index (κ1) is 40.3. The molecule has 3 saturated heterocycles. The van der Waals surface area contributed by atoms with E-state index in [0.29, 0.717) is 46.8 Å². The molecular weight excluding hydrogens is 765 g/mol. The minimum Gasteiger partial charge on any atom is -0.490 e. The molecular formula is C42H49Cl2N9O4. The number of imide groups is 1. The highest BCUT2D eigenvalue weighted by Gasteiger charge is 2.29. The number of aromatic nitrogens is 3. The lowest BCUT2D eigenvalue weighted by Gasteiger charge is -2.38. The summed E-state index contributed by atoms with van der Waals surface area (Å²) in [6.45, 7) is 6.55. The normalized spacial score (nSPS) is 21.1. The van der Waals surface area contributed by atoms with Gasteiger partial charge in [-0.25, -0.2) is 4.79 Å². The van der Waals surface area contributed by atoms with Crippen molar-refractivity contribution in [3.8, 4) is 11.8 Å². The summed E-state index contributed by atoms with van der Waals surface area (Å²) in [7, 11) is 0. The summed E-state index contributed by atoms with van der Waals surface area (Å²) in [5.74, 6) is 2.30. The number of urea groups is 1. The van der Waals surface area contributed by atoms with E-state index < -0.39 is 0 Å². The Hall–Kier alpha value is -4.90. The van der Waals surface area contributed by atoms with Gasteiger partial charge in [-0.1, -0.05) is 17.7 Å². The van der Waals surface area contributed by atoms with Gasteiger partial charge in [-0.05, 0) is 119 Å². The van der Waals surface area contributed by atoms with Crippen LogP contribution in [0.15, 0.2) is 60.8 Å². The molecule has 57 heavy (non-hydrogen) atoms. The third kappa shape index (κ3) is 9.46. The standard InChI is InChI=1S/C42H48ClN9O4.ClH/c43-35-24-33(7-4-30(35)25-44)56-32-8-5-31(6-9-32)45-41(54)36-10-11-39(48-47-36)50-20-14-28(15-21-50)26-49-18-12-29(13-19-49)27-51-22-16-34-37(51)2-1-3-38(34)52-23-17-40(53)46-42(52)55;/h1-4,7,10-11,16,22,24,28-29,31-32H,5-6,8-9,12-15,17-21,23,26-27H2,(H,45,54)(H,46,53,55);1H. The van der Waals surface area contributed by atoms with E-state index in [1.54, 1.807) is 29.2 Å². The van der Waals surface area contributed by atoms with Gasteiger partial charge in [0.15, 0.2) is 11.5 Å². The van der Waals surface area contributed by atoms with E-state index in [-0.39, 0.29) is 42.4 Å². The van der Waals surface area contributed by atoms with Gasteiger partial charge >= 0.3 is 6.03 Å². The number of anilines is 2. The van der Waals surface area contributed by atoms with Gasteiger partial charge in [0.25, 0.3) is 5.91 Å². The van der Waals surface area contributed by atoms with Crippen LogP contribution in [-0.4, -0.2) is 88.9 Å². The van der Waals surface area contributed by atoms with Gasteiger partial charge in [0, 0.05) is 62.8 Å². The Bertz CT molecular complexity index is 2100. The molecule has 4 aromatic rings. The van der Waals surface area contributed by atoms with Crippen molar-refractivity contribution >= 4 is 64.3 Å². The number of piperidine rings is 2. The molecule has 2 N–H and O–H groups in total. The van der Waals surface area contributed by atoms with Gasteiger partial charge in [0.1, 0.15) is 11.8 Å². The zero-order valence-corrected chi connectivity index (χ0v) is 33.5. The number of halogens is 2. The third-order valence-electron chi connectivity index (χ3n) is 12.0. The smallest absolute Gasteiger partial charge is 0.328 e. The summed E-state index contributed by atoms with van der Waals surface area (Å²) in [5.41, 5.74) is 2.73. The summed E-state index contributed by atoms with van der Waals surface area (Å²) in [5, 5.41) is 24.8. The van der Waals surface area contributed by atoms with Crippen LogP contribution in [-0.2, 0) is 11.3 Å². The average molecular weight is 815 g/mol. The number of ether oxygens (including phenoxy) is 1. The Morgan fingerprint density at radius 3 is 2.35 bits per heavy atom. The van der Waals surface area contributed by atoms with Gasteiger partial charge in [-0.15, -0.1) is 22.6 Å². The minimum atomic E-state index is -0.351. The Labute approximate surface area is 344 Å². The highest BCUT2D eigenvalue weighted by molar-refractivity contribution is 6.31. The van der Waals surface area contributed by atoms with E-state index in [1.807, 2.05) is 18.2 Å². The van der Waals surface area contributed by atoms with Crippen molar-refractivity contribution in [1.29, 1.82) is 5.26 Å². The molecule has 0 spiro atoms. The van der Waals surface area contributed by atoms with Crippen LogP contribution >= 0.6 is 24.0 Å². The lowest BCUT2D eigenvalue weighted by atomic mass is 9.92. The molecule has 13 nitrogen and oxygen atoms in total. The predicted molar refractivity (Wildman–Crippen MR) is 221 cm³/mol. The molecule has 15 heteroatoms. The first-order chi connectivity index (χ1) is 27.3. The number of rotatable bonds is 10. The van der Waals surface area contributed by atoms with E-state index >= 15 is 0 Å². The quantitative estimate of drug-likeness (QED) is 0.181. The van der Waals surface area contributed by atoms with Crippen molar-refractivity contribution in [2.45, 2.75) is 76.5 Å². The van der Waals surface area contributed by atoms with Gasteiger partial charge in [0.2, 0.25) is 5.91 Å². The van der Waals surface area contributed by atoms with E-state index in [0.717, 1.165) is 113 Å². The zero-order valence-electron chi connectivity index (χ0n) is 31.9. The molecule has 2 aromatic heterocycles. The zero-order chi connectivity index (χ0) is 38.6. The monoisotopic (exact) mass is 813 g/mol. The second-order valence-electron chi connectivity index (χ2n) is 15.7. The molecule has 0 atom stereocenters. The van der Waals surface area contributed by atoms with Crippen LogP contribution < -0.4 is 25.2 Å². The predicted octanol–water partition coefficient (Wildman–Crippen LogP) is 6.57. The average Bonchev–Trinajstić information content (AvgIpc) is 3.63. The number of nitriles is 1. The van der Waals surface area contributed by atoms with Gasteiger partial charge < -0.3 is 24.4 Å². The fourth-order valence-electron chi connectivity index (χ4n) is 8.79. The van der Waals surface area contributed by atoms with Crippen molar-refractivity contribution < 1.29 is 19.1 Å². The fraction of sp³-hybridized carbons (Fsp3) is 0.476. The summed E-state index contributed by atoms with van der Waals surface area (Å²) in [4.78, 5) is 43.8. The number of nitrogens with zero attached hydrogens (tertiary/aromatic N) is 7. The van der Waals surface area contributed by atoms with Crippen molar-refractivity contribution in [2.24, 2.45) is 11.8 Å². The number of benzene rings is 2. The summed E-state index contributed by atoms with van der Waals surface area (Å²) in [6, 6.07) is 18.8. The molecule has 4 aliphatic rings.